The number of aromatic nitrogens is 3. The van der Waals surface area contributed by atoms with Crippen molar-refractivity contribution in [2.75, 3.05) is 25.5 Å². The number of imidazole rings is 1. The number of rotatable bonds is 5. The number of aromatic amines is 2. The molecule has 1 aliphatic rings. The van der Waals surface area contributed by atoms with E-state index in [4.69, 9.17) is 4.98 Å². The molecular weight excluding hydrogens is 398 g/mol. The molecule has 2 aromatic heterocycles. The van der Waals surface area contributed by atoms with Crippen molar-refractivity contribution >= 4 is 22.5 Å². The van der Waals surface area contributed by atoms with Gasteiger partial charge in [-0.2, -0.15) is 0 Å². The van der Waals surface area contributed by atoms with E-state index in [0.717, 1.165) is 76.6 Å². The molecule has 4 aromatic rings. The Morgan fingerprint density at radius 3 is 2.56 bits per heavy atom. The Kier molecular flexibility index (Phi) is 5.31. The number of hydrogen-bond acceptors (Lipinski definition) is 4. The van der Waals surface area contributed by atoms with Gasteiger partial charge in [0.05, 0.1) is 16.7 Å². The second-order valence-corrected chi connectivity index (χ2v) is 8.84. The van der Waals surface area contributed by atoms with E-state index in [9.17, 15) is 4.79 Å². The average Bonchev–Trinajstić information content (AvgIpc) is 3.36. The van der Waals surface area contributed by atoms with Gasteiger partial charge >= 0.3 is 0 Å². The van der Waals surface area contributed by atoms with Crippen LogP contribution in [0.25, 0.3) is 33.7 Å². The summed E-state index contributed by atoms with van der Waals surface area (Å²) in [7, 11) is 2.18. The minimum Gasteiger partial charge on any atom is -0.382 e. The van der Waals surface area contributed by atoms with Crippen LogP contribution in [0.3, 0.4) is 0 Å². The fraction of sp³-hybridized carbons (Fsp3) is 0.308. The van der Waals surface area contributed by atoms with Crippen LogP contribution in [0, 0.1) is 6.92 Å². The third-order valence-electron chi connectivity index (χ3n) is 6.41. The molecule has 3 heterocycles. The molecule has 1 aliphatic heterocycles. The fourth-order valence-corrected chi connectivity index (χ4v) is 4.74. The molecule has 32 heavy (non-hydrogen) atoms. The summed E-state index contributed by atoms with van der Waals surface area (Å²) in [5.74, 6) is 0.787. The van der Waals surface area contributed by atoms with E-state index in [1.54, 1.807) is 6.92 Å². The van der Waals surface area contributed by atoms with Crippen LogP contribution < -0.4 is 5.32 Å². The first-order valence-corrected chi connectivity index (χ1v) is 11.2. The molecule has 0 radical (unpaired) electrons. The summed E-state index contributed by atoms with van der Waals surface area (Å²) in [6.07, 6.45) is 2.30. The molecule has 1 saturated heterocycles. The maximum atomic E-state index is 12.5. The van der Waals surface area contributed by atoms with E-state index < -0.39 is 0 Å². The van der Waals surface area contributed by atoms with Gasteiger partial charge < -0.3 is 20.2 Å². The monoisotopic (exact) mass is 427 g/mol. The number of anilines is 1. The van der Waals surface area contributed by atoms with Crippen molar-refractivity contribution in [1.82, 2.24) is 19.9 Å². The van der Waals surface area contributed by atoms with E-state index in [2.05, 4.69) is 45.4 Å². The van der Waals surface area contributed by atoms with Crippen LogP contribution in [-0.2, 0) is 0 Å². The molecule has 6 heteroatoms. The molecular formula is C26H29N5O. The van der Waals surface area contributed by atoms with Crippen LogP contribution >= 0.6 is 0 Å². The average molecular weight is 428 g/mol. The van der Waals surface area contributed by atoms with E-state index in [0.29, 0.717) is 6.04 Å². The van der Waals surface area contributed by atoms with Crippen LogP contribution in [0.2, 0.25) is 0 Å². The number of hydrogen-bond donors (Lipinski definition) is 3. The Morgan fingerprint density at radius 2 is 1.84 bits per heavy atom. The zero-order valence-corrected chi connectivity index (χ0v) is 18.8. The normalized spacial score (nSPS) is 15.3. The third-order valence-corrected chi connectivity index (χ3v) is 6.41. The lowest BCUT2D eigenvalue weighted by atomic mass is 9.98. The van der Waals surface area contributed by atoms with Crippen LogP contribution in [0.5, 0.6) is 0 Å². The summed E-state index contributed by atoms with van der Waals surface area (Å²) in [6.45, 7) is 5.81. The highest BCUT2D eigenvalue weighted by molar-refractivity contribution is 6.05. The number of aryl methyl sites for hydroxylation is 1. The van der Waals surface area contributed by atoms with Crippen molar-refractivity contribution < 1.29 is 4.79 Å². The second-order valence-electron chi connectivity index (χ2n) is 8.84. The zero-order chi connectivity index (χ0) is 22.2. The van der Waals surface area contributed by atoms with Crippen molar-refractivity contribution in [3.8, 4) is 22.6 Å². The number of Topliss-reactive ketones (excluding diaryl/α,β-unsaturated/α-hetero) is 1. The molecule has 2 aromatic carbocycles. The summed E-state index contributed by atoms with van der Waals surface area (Å²) in [5.41, 5.74) is 7.32. The molecule has 0 atom stereocenters. The van der Waals surface area contributed by atoms with Gasteiger partial charge in [0.1, 0.15) is 0 Å². The first kappa shape index (κ1) is 20.5. The Balaban J connectivity index is 1.53. The Hall–Kier alpha value is -3.38. The molecule has 0 unspecified atom stereocenters. The van der Waals surface area contributed by atoms with Gasteiger partial charge in [0.2, 0.25) is 0 Å². The lowest BCUT2D eigenvalue weighted by Gasteiger charge is -2.30. The summed E-state index contributed by atoms with van der Waals surface area (Å²) in [5, 5.41) is 3.68. The molecule has 6 nitrogen and oxygen atoms in total. The minimum absolute atomic E-state index is 0.0459. The molecule has 0 amide bonds. The molecule has 0 spiro atoms. The van der Waals surface area contributed by atoms with E-state index in [1.165, 1.54) is 0 Å². The number of piperidine rings is 1. The molecule has 164 valence electrons. The summed E-state index contributed by atoms with van der Waals surface area (Å²) in [4.78, 5) is 26.6. The van der Waals surface area contributed by atoms with E-state index in [-0.39, 0.29) is 5.78 Å². The predicted octanol–water partition coefficient (Wildman–Crippen LogP) is 5.24. The zero-order valence-electron chi connectivity index (χ0n) is 18.8. The maximum Gasteiger partial charge on any atom is 0.162 e. The van der Waals surface area contributed by atoms with Crippen molar-refractivity contribution in [3.05, 3.63) is 59.8 Å². The number of nitrogens with one attached hydrogen (secondary N) is 3. The lowest BCUT2D eigenvalue weighted by Crippen LogP contribution is -2.36. The number of nitrogens with zero attached hydrogens (tertiary/aromatic N) is 2. The molecule has 3 N–H and O–H groups in total. The van der Waals surface area contributed by atoms with Crippen molar-refractivity contribution in [2.24, 2.45) is 0 Å². The Labute approximate surface area is 188 Å². The largest absolute Gasteiger partial charge is 0.382 e. The standard InChI is InChI=1S/C26H29N5O/c1-16-23(17(2)32)24(18-7-5-4-6-8-18)25(27-16)26-29-21-10-9-20(15-22(21)30-26)28-19-11-13-31(3)14-12-19/h4-10,15,19,27-28H,11-14H2,1-3H3,(H,29,30). The summed E-state index contributed by atoms with van der Waals surface area (Å²) in [6, 6.07) is 16.8. The molecule has 0 bridgehead atoms. The first-order valence-electron chi connectivity index (χ1n) is 11.2. The lowest BCUT2D eigenvalue weighted by molar-refractivity contribution is 0.101. The van der Waals surface area contributed by atoms with Crippen LogP contribution in [0.4, 0.5) is 5.69 Å². The number of likely N-dealkylation sites (tertiary alicyclic amines) is 1. The number of H-pyrrole nitrogens is 2. The van der Waals surface area contributed by atoms with Gasteiger partial charge in [-0.05, 0) is 70.6 Å². The summed E-state index contributed by atoms with van der Waals surface area (Å²) < 4.78 is 0. The second kappa shape index (κ2) is 8.28. The maximum absolute atomic E-state index is 12.5. The van der Waals surface area contributed by atoms with Gasteiger partial charge in [0.15, 0.2) is 11.6 Å². The molecule has 0 saturated carbocycles. The van der Waals surface area contributed by atoms with E-state index in [1.807, 2.05) is 37.3 Å². The smallest absolute Gasteiger partial charge is 0.162 e. The van der Waals surface area contributed by atoms with Gasteiger partial charge in [-0.15, -0.1) is 0 Å². The quantitative estimate of drug-likeness (QED) is 0.381. The predicted molar refractivity (Wildman–Crippen MR) is 130 cm³/mol. The highest BCUT2D eigenvalue weighted by Gasteiger charge is 2.23. The number of carbonyl (C=O) groups excluding carboxylic acids is 1. The number of ketones is 1. The summed E-state index contributed by atoms with van der Waals surface area (Å²) >= 11 is 0. The number of carbonyl (C=O) groups is 1. The van der Waals surface area contributed by atoms with Crippen molar-refractivity contribution in [1.29, 1.82) is 0 Å². The number of benzene rings is 2. The van der Waals surface area contributed by atoms with Gasteiger partial charge in [-0.1, -0.05) is 30.3 Å². The minimum atomic E-state index is 0.0459. The van der Waals surface area contributed by atoms with Crippen molar-refractivity contribution in [3.63, 3.8) is 0 Å². The van der Waals surface area contributed by atoms with Gasteiger partial charge in [-0.3, -0.25) is 4.79 Å². The van der Waals surface area contributed by atoms with Crippen LogP contribution in [0.15, 0.2) is 48.5 Å². The van der Waals surface area contributed by atoms with Gasteiger partial charge in [-0.25, -0.2) is 4.98 Å². The van der Waals surface area contributed by atoms with Crippen molar-refractivity contribution in [2.45, 2.75) is 32.7 Å². The van der Waals surface area contributed by atoms with E-state index >= 15 is 0 Å². The highest BCUT2D eigenvalue weighted by Crippen LogP contribution is 2.36. The SMILES string of the molecule is CC(=O)c1c(C)[nH]c(-c2nc3ccc(NC4CCN(C)CC4)cc3[nH]2)c1-c1ccccc1. The molecule has 5 rings (SSSR count). The van der Waals surface area contributed by atoms with Gasteiger partial charge in [0, 0.05) is 28.6 Å². The van der Waals surface area contributed by atoms with Gasteiger partial charge in [0.25, 0.3) is 0 Å². The molecule has 1 fully saturated rings. The van der Waals surface area contributed by atoms with Crippen LogP contribution in [-0.4, -0.2) is 51.8 Å². The third kappa shape index (κ3) is 3.82. The Morgan fingerprint density at radius 1 is 1.09 bits per heavy atom. The number of fused-ring (bicyclic) bond motifs is 1. The first-order chi connectivity index (χ1) is 15.5. The Bertz CT molecular complexity index is 1260. The molecule has 0 aliphatic carbocycles. The fourth-order valence-electron chi connectivity index (χ4n) is 4.74. The van der Waals surface area contributed by atoms with Crippen LogP contribution in [0.1, 0.15) is 35.8 Å². The topological polar surface area (TPSA) is 76.8 Å². The highest BCUT2D eigenvalue weighted by atomic mass is 16.1.